The quantitative estimate of drug-likeness (QED) is 0.543. The summed E-state index contributed by atoms with van der Waals surface area (Å²) in [4.78, 5) is 19.6. The number of piperidine rings is 1. The Morgan fingerprint density at radius 1 is 1.16 bits per heavy atom. The SMILES string of the molecule is Cc1cn(-c2ccc(/C=C3\CCCN([C@H]4CCc5c(F)cccc54)C3=O)cc2C)cn1. The smallest absolute Gasteiger partial charge is 0.250 e. The van der Waals surface area contributed by atoms with Crippen LogP contribution in [0.5, 0.6) is 0 Å². The Kier molecular flexibility index (Phi) is 4.97. The van der Waals surface area contributed by atoms with Gasteiger partial charge in [0.05, 0.1) is 18.1 Å². The van der Waals surface area contributed by atoms with E-state index in [0.29, 0.717) is 6.42 Å². The molecular formula is C26H26FN3O. The fourth-order valence-electron chi connectivity index (χ4n) is 4.99. The molecule has 1 aromatic heterocycles. The summed E-state index contributed by atoms with van der Waals surface area (Å²) in [7, 11) is 0. The number of hydrogen-bond acceptors (Lipinski definition) is 2. The number of benzene rings is 2. The highest BCUT2D eigenvalue weighted by molar-refractivity contribution is 5.98. The third-order valence-corrected chi connectivity index (χ3v) is 6.49. The summed E-state index contributed by atoms with van der Waals surface area (Å²) in [6.45, 7) is 4.78. The highest BCUT2D eigenvalue weighted by Crippen LogP contribution is 2.39. The molecule has 0 N–H and O–H groups in total. The number of amides is 1. The molecule has 2 heterocycles. The maximum absolute atomic E-state index is 14.2. The summed E-state index contributed by atoms with van der Waals surface area (Å²) in [5, 5.41) is 0. The highest BCUT2D eigenvalue weighted by atomic mass is 19.1. The number of halogens is 1. The van der Waals surface area contributed by atoms with Gasteiger partial charge in [-0.3, -0.25) is 4.79 Å². The Bertz CT molecular complexity index is 1190. The number of fused-ring (bicyclic) bond motifs is 1. The topological polar surface area (TPSA) is 38.1 Å². The third kappa shape index (κ3) is 3.58. The van der Waals surface area contributed by atoms with Gasteiger partial charge in [0.1, 0.15) is 5.82 Å². The zero-order valence-corrected chi connectivity index (χ0v) is 17.9. The van der Waals surface area contributed by atoms with E-state index in [1.807, 2.05) is 41.1 Å². The lowest BCUT2D eigenvalue weighted by Crippen LogP contribution is -2.39. The molecule has 2 aliphatic rings. The number of carbonyl (C=O) groups excluding carboxylic acids is 1. The van der Waals surface area contributed by atoms with E-state index in [9.17, 15) is 9.18 Å². The summed E-state index contributed by atoms with van der Waals surface area (Å²) in [6, 6.07) is 11.5. The molecule has 5 heteroatoms. The lowest BCUT2D eigenvalue weighted by atomic mass is 9.97. The fraction of sp³-hybridized carbons (Fsp3) is 0.308. The second-order valence-corrected chi connectivity index (χ2v) is 8.60. The van der Waals surface area contributed by atoms with Gasteiger partial charge in [-0.05, 0) is 86.1 Å². The van der Waals surface area contributed by atoms with Gasteiger partial charge in [0, 0.05) is 24.0 Å². The van der Waals surface area contributed by atoms with Crippen LogP contribution in [-0.2, 0) is 11.2 Å². The first-order chi connectivity index (χ1) is 15.0. The molecule has 0 unspecified atom stereocenters. The van der Waals surface area contributed by atoms with Gasteiger partial charge in [-0.25, -0.2) is 9.37 Å². The molecule has 31 heavy (non-hydrogen) atoms. The average Bonchev–Trinajstić information content (AvgIpc) is 3.37. The van der Waals surface area contributed by atoms with Crippen LogP contribution >= 0.6 is 0 Å². The molecule has 0 saturated carbocycles. The molecule has 0 radical (unpaired) electrons. The van der Waals surface area contributed by atoms with Gasteiger partial charge >= 0.3 is 0 Å². The van der Waals surface area contributed by atoms with Crippen molar-refractivity contribution in [3.05, 3.63) is 88.3 Å². The van der Waals surface area contributed by atoms with Crippen LogP contribution in [-0.4, -0.2) is 26.9 Å². The molecule has 0 bridgehead atoms. The predicted molar refractivity (Wildman–Crippen MR) is 119 cm³/mol. The third-order valence-electron chi connectivity index (χ3n) is 6.49. The molecule has 1 saturated heterocycles. The van der Waals surface area contributed by atoms with Gasteiger partial charge < -0.3 is 9.47 Å². The first-order valence-electron chi connectivity index (χ1n) is 10.9. The summed E-state index contributed by atoms with van der Waals surface area (Å²) in [5.74, 6) is -0.0656. The summed E-state index contributed by atoms with van der Waals surface area (Å²) >= 11 is 0. The van der Waals surface area contributed by atoms with Crippen LogP contribution in [0.2, 0.25) is 0 Å². The van der Waals surface area contributed by atoms with E-state index in [-0.39, 0.29) is 17.8 Å². The summed E-state index contributed by atoms with van der Waals surface area (Å²) in [6.07, 6.45) is 9.05. The van der Waals surface area contributed by atoms with E-state index in [4.69, 9.17) is 0 Å². The second kappa shape index (κ2) is 7.80. The van der Waals surface area contributed by atoms with E-state index in [1.54, 1.807) is 6.07 Å². The van der Waals surface area contributed by atoms with Crippen LogP contribution in [0.4, 0.5) is 4.39 Å². The standard InChI is InChI=1S/C26H26FN3O/c1-17-13-19(8-10-24(17)29-15-18(2)28-16-29)14-20-5-4-12-30(26(20)31)25-11-9-21-22(25)6-3-7-23(21)27/h3,6-8,10,13-16,25H,4-5,9,11-12H2,1-2H3/b20-14+/t25-/m0/s1. The number of aryl methyl sites for hydroxylation is 2. The van der Waals surface area contributed by atoms with Crippen molar-refractivity contribution >= 4 is 12.0 Å². The summed E-state index contributed by atoms with van der Waals surface area (Å²) in [5.41, 5.74) is 6.81. The van der Waals surface area contributed by atoms with Crippen LogP contribution in [0, 0.1) is 19.7 Å². The van der Waals surface area contributed by atoms with Crippen molar-refractivity contribution in [3.63, 3.8) is 0 Å². The Labute approximate surface area is 182 Å². The van der Waals surface area contributed by atoms with E-state index >= 15 is 0 Å². The molecule has 1 aliphatic heterocycles. The van der Waals surface area contributed by atoms with Crippen molar-refractivity contribution in [2.45, 2.75) is 45.6 Å². The second-order valence-electron chi connectivity index (χ2n) is 8.60. The number of hydrogen-bond donors (Lipinski definition) is 0. The van der Waals surface area contributed by atoms with Crippen LogP contribution in [0.15, 0.2) is 54.5 Å². The van der Waals surface area contributed by atoms with Crippen molar-refractivity contribution in [1.82, 2.24) is 14.5 Å². The van der Waals surface area contributed by atoms with Crippen LogP contribution in [0.3, 0.4) is 0 Å². The first-order valence-corrected chi connectivity index (χ1v) is 10.9. The normalized spacial score (nSPS) is 19.8. The molecule has 3 aromatic rings. The van der Waals surface area contributed by atoms with Gasteiger partial charge in [0.25, 0.3) is 0 Å². The Balaban J connectivity index is 1.41. The van der Waals surface area contributed by atoms with Crippen molar-refractivity contribution in [1.29, 1.82) is 0 Å². The van der Waals surface area contributed by atoms with Crippen molar-refractivity contribution < 1.29 is 9.18 Å². The lowest BCUT2D eigenvalue weighted by molar-refractivity contribution is -0.131. The van der Waals surface area contributed by atoms with E-state index in [1.165, 1.54) is 6.07 Å². The number of likely N-dealkylation sites (tertiary alicyclic amines) is 1. The molecule has 1 amide bonds. The van der Waals surface area contributed by atoms with Crippen LogP contribution < -0.4 is 0 Å². The van der Waals surface area contributed by atoms with Crippen LogP contribution in [0.25, 0.3) is 11.8 Å². The van der Waals surface area contributed by atoms with E-state index < -0.39 is 0 Å². The summed E-state index contributed by atoms with van der Waals surface area (Å²) < 4.78 is 16.2. The maximum atomic E-state index is 14.2. The van der Waals surface area contributed by atoms with Gasteiger partial charge in [-0.2, -0.15) is 0 Å². The van der Waals surface area contributed by atoms with Gasteiger partial charge in [-0.15, -0.1) is 0 Å². The molecule has 5 rings (SSSR count). The number of imidazole rings is 1. The number of carbonyl (C=O) groups is 1. The molecule has 0 spiro atoms. The number of nitrogens with zero attached hydrogens (tertiary/aromatic N) is 3. The largest absolute Gasteiger partial charge is 0.332 e. The van der Waals surface area contributed by atoms with Crippen LogP contribution in [0.1, 0.15) is 53.3 Å². The van der Waals surface area contributed by atoms with Crippen molar-refractivity contribution in [2.24, 2.45) is 0 Å². The maximum Gasteiger partial charge on any atom is 0.250 e. The molecule has 1 fully saturated rings. The fourth-order valence-corrected chi connectivity index (χ4v) is 4.99. The van der Waals surface area contributed by atoms with Gasteiger partial charge in [0.2, 0.25) is 5.91 Å². The van der Waals surface area contributed by atoms with Crippen molar-refractivity contribution in [3.8, 4) is 5.69 Å². The molecule has 1 atom stereocenters. The first kappa shape index (κ1) is 19.7. The molecule has 2 aromatic carbocycles. The minimum atomic E-state index is -0.149. The average molecular weight is 416 g/mol. The Morgan fingerprint density at radius 2 is 2.03 bits per heavy atom. The lowest BCUT2D eigenvalue weighted by Gasteiger charge is -2.34. The monoisotopic (exact) mass is 415 g/mol. The molecule has 1 aliphatic carbocycles. The van der Waals surface area contributed by atoms with E-state index in [2.05, 4.69) is 30.1 Å². The van der Waals surface area contributed by atoms with Gasteiger partial charge in [0.15, 0.2) is 0 Å². The Hall–Kier alpha value is -3.21. The minimum absolute atomic E-state index is 0.0181. The zero-order chi connectivity index (χ0) is 21.5. The minimum Gasteiger partial charge on any atom is -0.332 e. The zero-order valence-electron chi connectivity index (χ0n) is 17.9. The molecule has 4 nitrogen and oxygen atoms in total. The number of aromatic nitrogens is 2. The molecule has 158 valence electrons. The predicted octanol–water partition coefficient (Wildman–Crippen LogP) is 5.32. The van der Waals surface area contributed by atoms with Gasteiger partial charge in [-0.1, -0.05) is 18.2 Å². The number of rotatable bonds is 3. The highest BCUT2D eigenvalue weighted by Gasteiger charge is 2.35. The Morgan fingerprint density at radius 3 is 2.81 bits per heavy atom. The molecular weight excluding hydrogens is 389 g/mol. The van der Waals surface area contributed by atoms with Crippen molar-refractivity contribution in [2.75, 3.05) is 6.54 Å². The van der Waals surface area contributed by atoms with E-state index in [0.717, 1.165) is 65.0 Å².